The van der Waals surface area contributed by atoms with Crippen LogP contribution in [0.4, 0.5) is 19.0 Å². The van der Waals surface area contributed by atoms with Gasteiger partial charge in [0.05, 0.1) is 6.61 Å². The van der Waals surface area contributed by atoms with Crippen molar-refractivity contribution in [3.8, 4) is 0 Å². The van der Waals surface area contributed by atoms with Crippen molar-refractivity contribution in [2.45, 2.75) is 13.1 Å². The molecule has 0 radical (unpaired) electrons. The van der Waals surface area contributed by atoms with Gasteiger partial charge in [0, 0.05) is 18.3 Å². The van der Waals surface area contributed by atoms with E-state index >= 15 is 0 Å². The summed E-state index contributed by atoms with van der Waals surface area (Å²) in [7, 11) is 0. The molecule has 0 saturated heterocycles. The zero-order valence-electron chi connectivity index (χ0n) is 9.01. The number of hydrogen-bond acceptors (Lipinski definition) is 4. The lowest BCUT2D eigenvalue weighted by Crippen LogP contribution is -2.20. The SMILES string of the molecule is Cc1cnc(Cl)nc1NCCOCC(F)(F)F. The third-order valence-electron chi connectivity index (χ3n) is 1.75. The third kappa shape index (κ3) is 5.69. The van der Waals surface area contributed by atoms with Gasteiger partial charge in [0.2, 0.25) is 5.28 Å². The first-order chi connectivity index (χ1) is 7.88. The Hall–Kier alpha value is -1.08. The van der Waals surface area contributed by atoms with Crippen LogP contribution in [0.3, 0.4) is 0 Å². The van der Waals surface area contributed by atoms with Gasteiger partial charge in [-0.3, -0.25) is 0 Å². The van der Waals surface area contributed by atoms with E-state index in [-0.39, 0.29) is 18.4 Å². The molecule has 17 heavy (non-hydrogen) atoms. The molecule has 0 aliphatic rings. The molecule has 0 unspecified atom stereocenters. The predicted molar refractivity (Wildman–Crippen MR) is 57.1 cm³/mol. The summed E-state index contributed by atoms with van der Waals surface area (Å²) in [5.41, 5.74) is 0.755. The lowest BCUT2D eigenvalue weighted by atomic mass is 10.3. The molecule has 0 fully saturated rings. The molecular weight excluding hydrogens is 259 g/mol. The molecule has 0 amide bonds. The van der Waals surface area contributed by atoms with Crippen LogP contribution >= 0.6 is 11.6 Å². The maximum atomic E-state index is 11.7. The number of nitrogens with one attached hydrogen (secondary N) is 1. The fourth-order valence-electron chi connectivity index (χ4n) is 1.03. The average Bonchev–Trinajstić information content (AvgIpc) is 2.21. The number of aryl methyl sites for hydroxylation is 1. The number of alkyl halides is 3. The van der Waals surface area contributed by atoms with Gasteiger partial charge in [0.1, 0.15) is 12.4 Å². The van der Waals surface area contributed by atoms with Crippen molar-refractivity contribution in [1.82, 2.24) is 9.97 Å². The van der Waals surface area contributed by atoms with E-state index in [0.29, 0.717) is 5.82 Å². The maximum absolute atomic E-state index is 11.7. The molecule has 1 aromatic heterocycles. The number of anilines is 1. The Morgan fingerprint density at radius 3 is 2.82 bits per heavy atom. The number of hydrogen-bond donors (Lipinski definition) is 1. The standard InChI is InChI=1S/C9H11ClF3N3O/c1-6-4-15-8(10)16-7(6)14-2-3-17-5-9(11,12)13/h4H,2-3,5H2,1H3,(H,14,15,16). The summed E-state index contributed by atoms with van der Waals surface area (Å²) in [5, 5.41) is 2.89. The lowest BCUT2D eigenvalue weighted by molar-refractivity contribution is -0.172. The molecule has 1 aromatic rings. The minimum atomic E-state index is -4.30. The second-order valence-electron chi connectivity index (χ2n) is 3.27. The number of ether oxygens (including phenoxy) is 1. The number of aromatic nitrogens is 2. The van der Waals surface area contributed by atoms with Gasteiger partial charge in [0.15, 0.2) is 0 Å². The van der Waals surface area contributed by atoms with Gasteiger partial charge >= 0.3 is 6.18 Å². The second-order valence-corrected chi connectivity index (χ2v) is 3.60. The quantitative estimate of drug-likeness (QED) is 0.659. The van der Waals surface area contributed by atoms with Crippen LogP contribution in [0.2, 0.25) is 5.28 Å². The maximum Gasteiger partial charge on any atom is 0.411 e. The van der Waals surface area contributed by atoms with Crippen LogP contribution in [-0.4, -0.2) is 35.9 Å². The summed E-state index contributed by atoms with van der Waals surface area (Å²) in [6.07, 6.45) is -2.78. The highest BCUT2D eigenvalue weighted by atomic mass is 35.5. The molecule has 0 aromatic carbocycles. The average molecular weight is 270 g/mol. The van der Waals surface area contributed by atoms with Gasteiger partial charge in [0.25, 0.3) is 0 Å². The third-order valence-corrected chi connectivity index (χ3v) is 1.93. The van der Waals surface area contributed by atoms with Crippen molar-refractivity contribution >= 4 is 17.4 Å². The van der Waals surface area contributed by atoms with Crippen LogP contribution in [-0.2, 0) is 4.74 Å². The first-order valence-corrected chi connectivity index (χ1v) is 5.14. The zero-order chi connectivity index (χ0) is 12.9. The van der Waals surface area contributed by atoms with E-state index in [1.807, 2.05) is 0 Å². The van der Waals surface area contributed by atoms with Crippen molar-refractivity contribution < 1.29 is 17.9 Å². The molecular formula is C9H11ClF3N3O. The van der Waals surface area contributed by atoms with E-state index < -0.39 is 12.8 Å². The van der Waals surface area contributed by atoms with Gasteiger partial charge in [-0.15, -0.1) is 0 Å². The van der Waals surface area contributed by atoms with Crippen molar-refractivity contribution in [1.29, 1.82) is 0 Å². The van der Waals surface area contributed by atoms with Crippen molar-refractivity contribution in [3.05, 3.63) is 17.0 Å². The monoisotopic (exact) mass is 269 g/mol. The molecule has 1 heterocycles. The Kier molecular flexibility index (Phi) is 4.95. The van der Waals surface area contributed by atoms with Gasteiger partial charge in [-0.2, -0.15) is 13.2 Å². The highest BCUT2D eigenvalue weighted by Gasteiger charge is 2.27. The number of rotatable bonds is 5. The molecule has 1 rings (SSSR count). The van der Waals surface area contributed by atoms with Gasteiger partial charge in [-0.25, -0.2) is 9.97 Å². The molecule has 0 spiro atoms. The summed E-state index contributed by atoms with van der Waals surface area (Å²) in [6.45, 7) is 0.651. The molecule has 96 valence electrons. The number of nitrogens with zero attached hydrogens (tertiary/aromatic N) is 2. The van der Waals surface area contributed by atoms with Crippen LogP contribution in [0.25, 0.3) is 0 Å². The Morgan fingerprint density at radius 2 is 2.18 bits per heavy atom. The molecule has 1 N–H and O–H groups in total. The fraction of sp³-hybridized carbons (Fsp3) is 0.556. The highest BCUT2D eigenvalue weighted by molar-refractivity contribution is 6.28. The summed E-state index contributed by atoms with van der Waals surface area (Å²) in [4.78, 5) is 7.63. The smallest absolute Gasteiger partial charge is 0.370 e. The van der Waals surface area contributed by atoms with E-state index in [9.17, 15) is 13.2 Å². The van der Waals surface area contributed by atoms with Crippen LogP contribution < -0.4 is 5.32 Å². The molecule has 0 aliphatic carbocycles. The molecule has 8 heteroatoms. The summed E-state index contributed by atoms with van der Waals surface area (Å²) < 4.78 is 39.6. The zero-order valence-corrected chi connectivity index (χ0v) is 9.77. The normalized spacial score (nSPS) is 11.6. The van der Waals surface area contributed by atoms with E-state index in [0.717, 1.165) is 5.56 Å². The Bertz CT molecular complexity index is 373. The van der Waals surface area contributed by atoms with Gasteiger partial charge in [-0.05, 0) is 18.5 Å². The van der Waals surface area contributed by atoms with Crippen molar-refractivity contribution in [2.24, 2.45) is 0 Å². The van der Waals surface area contributed by atoms with E-state index in [1.165, 1.54) is 6.20 Å². The van der Waals surface area contributed by atoms with Gasteiger partial charge < -0.3 is 10.1 Å². The highest BCUT2D eigenvalue weighted by Crippen LogP contribution is 2.14. The number of halogens is 4. The summed E-state index contributed by atoms with van der Waals surface area (Å²) in [6, 6.07) is 0. The minimum absolute atomic E-state index is 0.0689. The first kappa shape index (κ1) is 14.0. The van der Waals surface area contributed by atoms with E-state index in [4.69, 9.17) is 11.6 Å². The predicted octanol–water partition coefficient (Wildman–Crippen LogP) is 2.43. The van der Waals surface area contributed by atoms with Gasteiger partial charge in [-0.1, -0.05) is 0 Å². The van der Waals surface area contributed by atoms with Crippen molar-refractivity contribution in [2.75, 3.05) is 25.1 Å². The van der Waals surface area contributed by atoms with E-state index in [2.05, 4.69) is 20.0 Å². The van der Waals surface area contributed by atoms with Crippen LogP contribution in [0.15, 0.2) is 6.20 Å². The topological polar surface area (TPSA) is 47.0 Å². The Morgan fingerprint density at radius 1 is 1.47 bits per heavy atom. The summed E-state index contributed by atoms with van der Waals surface area (Å²) >= 11 is 5.57. The molecule has 0 atom stereocenters. The molecule has 0 saturated carbocycles. The van der Waals surface area contributed by atoms with Crippen molar-refractivity contribution in [3.63, 3.8) is 0 Å². The fourth-order valence-corrected chi connectivity index (χ4v) is 1.16. The van der Waals surface area contributed by atoms with E-state index in [1.54, 1.807) is 6.92 Å². The van der Waals surface area contributed by atoms with Crippen LogP contribution in [0.5, 0.6) is 0 Å². The largest absolute Gasteiger partial charge is 0.411 e. The molecule has 0 aliphatic heterocycles. The van der Waals surface area contributed by atoms with Crippen LogP contribution in [0.1, 0.15) is 5.56 Å². The van der Waals surface area contributed by atoms with Crippen LogP contribution in [0, 0.1) is 6.92 Å². The minimum Gasteiger partial charge on any atom is -0.370 e. The first-order valence-electron chi connectivity index (χ1n) is 4.76. The molecule has 0 bridgehead atoms. The Balaban J connectivity index is 2.29. The molecule has 4 nitrogen and oxygen atoms in total. The lowest BCUT2D eigenvalue weighted by Gasteiger charge is -2.10. The summed E-state index contributed by atoms with van der Waals surface area (Å²) in [5.74, 6) is 0.487. The Labute approximate surface area is 101 Å². The second kappa shape index (κ2) is 6.02.